The Morgan fingerprint density at radius 2 is 1.35 bits per heavy atom. The number of carbonyl (C=O) groups excluding carboxylic acids is 1. The first-order chi connectivity index (χ1) is 24.5. The lowest BCUT2D eigenvalue weighted by atomic mass is 9.98. The van der Waals surface area contributed by atoms with E-state index in [9.17, 15) is 70.9 Å². The quantitative estimate of drug-likeness (QED) is 0.0779. The van der Waals surface area contributed by atoms with Crippen molar-refractivity contribution in [3.8, 4) is 34.5 Å². The van der Waals surface area contributed by atoms with E-state index in [1.807, 2.05) is 0 Å². The van der Waals surface area contributed by atoms with Crippen molar-refractivity contribution in [2.45, 2.75) is 80.0 Å². The Morgan fingerprint density at radius 3 is 1.94 bits per heavy atom. The van der Waals surface area contributed by atoms with Gasteiger partial charge in [0.2, 0.25) is 12.6 Å². The second-order valence-electron chi connectivity index (χ2n) is 12.0. The number of phenolic OH excluding ortho intramolecular Hbond substituents is 4. The number of esters is 1. The number of rotatable bonds is 11. The molecule has 21 nitrogen and oxygen atoms in total. The number of phenols is 4. The molecule has 2 aromatic carbocycles. The van der Waals surface area contributed by atoms with Crippen LogP contribution in [-0.2, 0) is 28.5 Å². The van der Waals surface area contributed by atoms with Crippen LogP contribution in [0.2, 0.25) is 0 Å². The number of aliphatic carboxylic acids is 1. The van der Waals surface area contributed by atoms with Crippen LogP contribution in [0.3, 0.4) is 0 Å². The number of carboxylic acids is 1. The molecule has 21 heteroatoms. The highest BCUT2D eigenvalue weighted by atomic mass is 16.7. The highest BCUT2D eigenvalue weighted by Gasteiger charge is 2.48. The van der Waals surface area contributed by atoms with Crippen LogP contribution in [0.1, 0.15) is 23.7 Å². The van der Waals surface area contributed by atoms with Gasteiger partial charge in [-0.25, -0.2) is 4.79 Å². The van der Waals surface area contributed by atoms with Crippen molar-refractivity contribution in [3.05, 3.63) is 41.2 Å². The monoisotopic (exact) mass is 744 g/mol. The second-order valence-corrected chi connectivity index (χ2v) is 12.0. The van der Waals surface area contributed by atoms with Gasteiger partial charge in [-0.1, -0.05) is 0 Å². The van der Waals surface area contributed by atoms with E-state index in [0.717, 1.165) is 24.3 Å². The Bertz CT molecular complexity index is 1640. The number of carbonyl (C=O) groups is 2. The van der Waals surface area contributed by atoms with Crippen LogP contribution in [0.4, 0.5) is 0 Å². The average molecular weight is 745 g/mol. The maximum absolute atomic E-state index is 12.0. The summed E-state index contributed by atoms with van der Waals surface area (Å²) in [6, 6.07) is 4.03. The minimum absolute atomic E-state index is 0.0819. The molecule has 12 atom stereocenters. The molecule has 3 heterocycles. The lowest BCUT2D eigenvalue weighted by Crippen LogP contribution is -2.60. The minimum Gasteiger partial charge on any atom is -0.508 e. The molecule has 2 aromatic rings. The van der Waals surface area contributed by atoms with Crippen LogP contribution in [0.15, 0.2) is 30.0 Å². The molecule has 0 spiro atoms. The fourth-order valence-corrected chi connectivity index (χ4v) is 5.49. The molecule has 0 amide bonds. The Morgan fingerprint density at radius 1 is 0.769 bits per heavy atom. The molecule has 5 rings (SSSR count). The van der Waals surface area contributed by atoms with Crippen LogP contribution in [0.5, 0.6) is 34.5 Å². The Hall–Kier alpha value is -4.68. The summed E-state index contributed by atoms with van der Waals surface area (Å²) in [5.74, 6) is -6.78. The van der Waals surface area contributed by atoms with Gasteiger partial charge in [-0.15, -0.1) is 0 Å². The van der Waals surface area contributed by atoms with Crippen molar-refractivity contribution in [2.24, 2.45) is 0 Å². The van der Waals surface area contributed by atoms with Gasteiger partial charge >= 0.3 is 11.9 Å². The highest BCUT2D eigenvalue weighted by Crippen LogP contribution is 2.47. The third kappa shape index (κ3) is 7.88. The van der Waals surface area contributed by atoms with Gasteiger partial charge in [-0.2, -0.15) is 0 Å². The molecular formula is C31H36O21. The standard InChI is InChI=1S/C31H36O21/c32-7-18-22(39)24(41)26(43)30(51-18)49-16-4-10(33)3-15-11(16)5-17(28(48-15)9-1-12(34)21(38)13(35)2-9)50-31-27(44)25(42)23(40)19(52-31)8-47-20(37)6-14(36)29(45)46/h1-5,14,18-19,22-28,30-36,38-44H,6-8H2,(H,45,46)/t14-,18-,19+,22-,23+,24+,25-,26-,27+,28?,30-,31+/m1/s1. The van der Waals surface area contributed by atoms with Crippen LogP contribution in [0.25, 0.3) is 6.08 Å². The molecule has 2 fully saturated rings. The number of aromatic hydroxyl groups is 4. The molecule has 286 valence electrons. The zero-order valence-corrected chi connectivity index (χ0v) is 26.5. The molecule has 3 aliphatic rings. The summed E-state index contributed by atoms with van der Waals surface area (Å²) < 4.78 is 33.5. The number of hydrogen-bond donors (Lipinski definition) is 13. The van der Waals surface area contributed by atoms with E-state index >= 15 is 0 Å². The minimum atomic E-state index is -2.10. The zero-order chi connectivity index (χ0) is 38.2. The first-order valence-corrected chi connectivity index (χ1v) is 15.4. The van der Waals surface area contributed by atoms with Gasteiger partial charge in [-0.3, -0.25) is 4.79 Å². The van der Waals surface area contributed by atoms with Crippen molar-refractivity contribution in [3.63, 3.8) is 0 Å². The van der Waals surface area contributed by atoms with Gasteiger partial charge in [0, 0.05) is 17.7 Å². The third-order valence-electron chi connectivity index (χ3n) is 8.34. The number of benzene rings is 2. The van der Waals surface area contributed by atoms with Gasteiger partial charge in [-0.05, 0) is 18.2 Å². The van der Waals surface area contributed by atoms with Crippen molar-refractivity contribution < 1.29 is 104 Å². The normalized spacial score (nSPS) is 32.1. The van der Waals surface area contributed by atoms with Gasteiger partial charge in [0.25, 0.3) is 0 Å². The molecule has 2 saturated heterocycles. The predicted octanol–water partition coefficient (Wildman–Crippen LogP) is -3.63. The topological polar surface area (TPSA) is 353 Å². The van der Waals surface area contributed by atoms with E-state index in [1.165, 1.54) is 6.08 Å². The van der Waals surface area contributed by atoms with Crippen molar-refractivity contribution in [2.75, 3.05) is 13.2 Å². The zero-order valence-electron chi connectivity index (χ0n) is 26.5. The molecule has 0 aliphatic carbocycles. The predicted molar refractivity (Wildman–Crippen MR) is 162 cm³/mol. The maximum atomic E-state index is 12.0. The largest absolute Gasteiger partial charge is 0.508 e. The van der Waals surface area contributed by atoms with E-state index in [1.54, 1.807) is 0 Å². The van der Waals surface area contributed by atoms with Crippen LogP contribution >= 0.6 is 0 Å². The van der Waals surface area contributed by atoms with E-state index in [0.29, 0.717) is 0 Å². The Balaban J connectivity index is 1.49. The fraction of sp³-hybridized carbons (Fsp3) is 0.484. The Labute approximate surface area is 291 Å². The van der Waals surface area contributed by atoms with Crippen LogP contribution < -0.4 is 9.47 Å². The fourth-order valence-electron chi connectivity index (χ4n) is 5.49. The highest BCUT2D eigenvalue weighted by molar-refractivity contribution is 5.80. The molecule has 52 heavy (non-hydrogen) atoms. The van der Waals surface area contributed by atoms with Crippen molar-refractivity contribution in [1.29, 1.82) is 0 Å². The van der Waals surface area contributed by atoms with E-state index in [4.69, 9.17) is 33.5 Å². The van der Waals surface area contributed by atoms with Crippen LogP contribution in [-0.4, -0.2) is 159 Å². The lowest BCUT2D eigenvalue weighted by Gasteiger charge is -2.41. The molecule has 0 aromatic heterocycles. The molecule has 0 bridgehead atoms. The van der Waals surface area contributed by atoms with Gasteiger partial charge in [0.05, 0.1) is 18.6 Å². The number of aliphatic hydroxyl groups excluding tert-OH is 8. The third-order valence-corrected chi connectivity index (χ3v) is 8.34. The number of ether oxygens (including phenoxy) is 6. The SMILES string of the molecule is O=C(C[C@@H](O)C(=O)O)OC[C@@H]1O[C@H](OC2=Cc3c(cc(O)cc3O[C@@H]3O[C@H](CO)[C@@H](O)[C@H](O)[C@H]3O)OC2c2cc(O)c(O)c(O)c2)[C@@H](O)[C@H](O)[C@H]1O. The summed E-state index contributed by atoms with van der Waals surface area (Å²) in [7, 11) is 0. The van der Waals surface area contributed by atoms with Gasteiger partial charge in [0.15, 0.2) is 29.5 Å². The summed E-state index contributed by atoms with van der Waals surface area (Å²) in [6.45, 7) is -1.61. The molecule has 1 unspecified atom stereocenters. The van der Waals surface area contributed by atoms with E-state index < -0.39 is 128 Å². The van der Waals surface area contributed by atoms with E-state index in [2.05, 4.69) is 0 Å². The number of hydrogen-bond acceptors (Lipinski definition) is 20. The van der Waals surface area contributed by atoms with Crippen molar-refractivity contribution >= 4 is 18.0 Å². The first kappa shape index (κ1) is 38.5. The molecule has 3 aliphatic heterocycles. The smallest absolute Gasteiger partial charge is 0.333 e. The maximum Gasteiger partial charge on any atom is 0.333 e. The lowest BCUT2D eigenvalue weighted by molar-refractivity contribution is -0.294. The van der Waals surface area contributed by atoms with Gasteiger partial charge < -0.3 is 94.8 Å². The summed E-state index contributed by atoms with van der Waals surface area (Å²) in [5, 5.41) is 131. The summed E-state index contributed by atoms with van der Waals surface area (Å²) >= 11 is 0. The number of carboxylic acid groups (broad SMARTS) is 1. The van der Waals surface area contributed by atoms with Crippen molar-refractivity contribution in [1.82, 2.24) is 0 Å². The summed E-state index contributed by atoms with van der Waals surface area (Å²) in [5.41, 5.74) is -0.195. The second kappa shape index (κ2) is 15.5. The first-order valence-electron chi connectivity index (χ1n) is 15.4. The number of aliphatic hydroxyl groups is 8. The van der Waals surface area contributed by atoms with E-state index in [-0.39, 0.29) is 28.4 Å². The molecular weight excluding hydrogens is 708 g/mol. The molecule has 0 saturated carbocycles. The Kier molecular flexibility index (Phi) is 11.5. The number of fused-ring (bicyclic) bond motifs is 1. The average Bonchev–Trinajstić information content (AvgIpc) is 3.09. The summed E-state index contributed by atoms with van der Waals surface area (Å²) in [4.78, 5) is 22.9. The summed E-state index contributed by atoms with van der Waals surface area (Å²) in [6.07, 6.45) is -21.5. The molecule has 13 N–H and O–H groups in total. The van der Waals surface area contributed by atoms with Crippen LogP contribution in [0, 0.1) is 0 Å². The molecule has 0 radical (unpaired) electrons. The van der Waals surface area contributed by atoms with Gasteiger partial charge in [0.1, 0.15) is 78.4 Å².